The monoisotopic (exact) mass is 386 g/mol. The summed E-state index contributed by atoms with van der Waals surface area (Å²) in [5.41, 5.74) is 3.87. The zero-order valence-electron chi connectivity index (χ0n) is 17.4. The van der Waals surface area contributed by atoms with Gasteiger partial charge < -0.3 is 19.7 Å². The van der Waals surface area contributed by atoms with E-state index >= 15 is 0 Å². The first-order chi connectivity index (χ1) is 13.4. The molecule has 7 heteroatoms. The number of rotatable bonds is 6. The molecule has 1 saturated heterocycles. The van der Waals surface area contributed by atoms with Crippen molar-refractivity contribution < 1.29 is 14.3 Å². The Kier molecular flexibility index (Phi) is 6.36. The van der Waals surface area contributed by atoms with E-state index < -0.39 is 0 Å². The van der Waals surface area contributed by atoms with Crippen molar-refractivity contribution in [1.82, 2.24) is 20.0 Å². The van der Waals surface area contributed by atoms with Crippen LogP contribution in [0.5, 0.6) is 5.88 Å². The lowest BCUT2D eigenvalue weighted by Gasteiger charge is -2.35. The number of carbonyl (C=O) groups is 1. The number of nitrogens with one attached hydrogen (secondary N) is 1. The number of ether oxygens (including phenoxy) is 2. The Hall–Kier alpha value is -2.38. The fourth-order valence-electron chi connectivity index (χ4n) is 3.76. The van der Waals surface area contributed by atoms with E-state index in [0.717, 1.165) is 28.3 Å². The van der Waals surface area contributed by atoms with Gasteiger partial charge in [-0.3, -0.25) is 4.79 Å². The third kappa shape index (κ3) is 4.54. The number of amides is 1. The van der Waals surface area contributed by atoms with Crippen LogP contribution in [-0.4, -0.2) is 53.0 Å². The van der Waals surface area contributed by atoms with Crippen molar-refractivity contribution in [1.29, 1.82) is 0 Å². The van der Waals surface area contributed by atoms with Crippen molar-refractivity contribution in [2.45, 2.75) is 46.1 Å². The Balaban J connectivity index is 1.57. The minimum Gasteiger partial charge on any atom is -0.481 e. The quantitative estimate of drug-likeness (QED) is 0.825. The van der Waals surface area contributed by atoms with E-state index in [1.165, 1.54) is 0 Å². The summed E-state index contributed by atoms with van der Waals surface area (Å²) >= 11 is 0. The topological polar surface area (TPSA) is 68.6 Å². The summed E-state index contributed by atoms with van der Waals surface area (Å²) in [6, 6.07) is 7.81. The maximum atomic E-state index is 12.7. The van der Waals surface area contributed by atoms with Gasteiger partial charge in [0.25, 0.3) is 5.91 Å². The van der Waals surface area contributed by atoms with E-state index in [1.807, 2.05) is 57.0 Å². The van der Waals surface area contributed by atoms with E-state index in [9.17, 15) is 4.79 Å². The molecule has 1 aromatic carbocycles. The fraction of sp³-hybridized carbons (Fsp3) is 0.524. The maximum absolute atomic E-state index is 12.7. The first kappa shape index (κ1) is 20.4. The normalized spacial score (nSPS) is 19.7. The van der Waals surface area contributed by atoms with Crippen molar-refractivity contribution in [3.63, 3.8) is 0 Å². The second-order valence-electron chi connectivity index (χ2n) is 7.46. The van der Waals surface area contributed by atoms with Crippen molar-refractivity contribution >= 4 is 5.91 Å². The van der Waals surface area contributed by atoms with Crippen LogP contribution in [-0.2, 0) is 24.9 Å². The van der Waals surface area contributed by atoms with Gasteiger partial charge in [0.15, 0.2) is 0 Å². The zero-order valence-corrected chi connectivity index (χ0v) is 17.4. The molecule has 2 heterocycles. The third-order valence-corrected chi connectivity index (χ3v) is 5.02. The fourth-order valence-corrected chi connectivity index (χ4v) is 3.76. The minimum absolute atomic E-state index is 0.0669. The molecule has 7 nitrogen and oxygen atoms in total. The summed E-state index contributed by atoms with van der Waals surface area (Å²) in [6.07, 6.45) is 0.146. The van der Waals surface area contributed by atoms with Gasteiger partial charge in [-0.1, -0.05) is 12.1 Å². The first-order valence-electron chi connectivity index (χ1n) is 9.70. The second kappa shape index (κ2) is 8.75. The van der Waals surface area contributed by atoms with Crippen LogP contribution in [0.15, 0.2) is 24.3 Å². The summed E-state index contributed by atoms with van der Waals surface area (Å²) in [5.74, 6) is 0.845. The second-order valence-corrected chi connectivity index (χ2v) is 7.46. The van der Waals surface area contributed by atoms with Crippen LogP contribution in [0.1, 0.15) is 41.0 Å². The molecular formula is C21H30N4O3. The minimum atomic E-state index is 0.0669. The Bertz CT molecular complexity index is 806. The largest absolute Gasteiger partial charge is 0.481 e. The number of morpholine rings is 1. The molecule has 0 unspecified atom stereocenters. The van der Waals surface area contributed by atoms with Crippen molar-refractivity contribution in [2.75, 3.05) is 20.2 Å². The highest BCUT2D eigenvalue weighted by atomic mass is 16.5. The van der Waals surface area contributed by atoms with Gasteiger partial charge in [-0.25, -0.2) is 4.68 Å². The molecule has 0 aliphatic carbocycles. The van der Waals surface area contributed by atoms with Crippen LogP contribution < -0.4 is 10.1 Å². The summed E-state index contributed by atoms with van der Waals surface area (Å²) in [6.45, 7) is 8.64. The van der Waals surface area contributed by atoms with E-state index in [2.05, 4.69) is 10.4 Å². The summed E-state index contributed by atoms with van der Waals surface area (Å²) in [4.78, 5) is 14.6. The molecule has 28 heavy (non-hydrogen) atoms. The van der Waals surface area contributed by atoms with Gasteiger partial charge in [0.05, 0.1) is 30.6 Å². The van der Waals surface area contributed by atoms with Crippen LogP contribution in [0.25, 0.3) is 0 Å². The van der Waals surface area contributed by atoms with Gasteiger partial charge in [-0.15, -0.1) is 0 Å². The molecule has 3 rings (SSSR count). The molecule has 0 radical (unpaired) electrons. The SMILES string of the molecule is COc1c(CNCc2ccc(C(=O)N3C[C@@H](C)O[C@@H](C)C3)cc2)c(C)nn1C. The molecule has 0 bridgehead atoms. The van der Waals surface area contributed by atoms with E-state index in [1.54, 1.807) is 11.8 Å². The Morgan fingerprint density at radius 2 is 1.86 bits per heavy atom. The average Bonchev–Trinajstić information content (AvgIpc) is 2.93. The Morgan fingerprint density at radius 1 is 1.21 bits per heavy atom. The van der Waals surface area contributed by atoms with Gasteiger partial charge in [0, 0.05) is 38.8 Å². The van der Waals surface area contributed by atoms with Gasteiger partial charge in [0.2, 0.25) is 5.88 Å². The molecule has 0 spiro atoms. The molecule has 2 atom stereocenters. The number of hydrogen-bond acceptors (Lipinski definition) is 5. The molecule has 152 valence electrons. The number of nitrogens with zero attached hydrogens (tertiary/aromatic N) is 3. The first-order valence-corrected chi connectivity index (χ1v) is 9.70. The van der Waals surface area contributed by atoms with Crippen molar-refractivity contribution in [3.05, 3.63) is 46.6 Å². The summed E-state index contributed by atoms with van der Waals surface area (Å²) in [5, 5.41) is 7.82. The summed E-state index contributed by atoms with van der Waals surface area (Å²) < 4.78 is 12.9. The Labute approximate surface area is 166 Å². The molecule has 0 saturated carbocycles. The maximum Gasteiger partial charge on any atom is 0.254 e. The smallest absolute Gasteiger partial charge is 0.254 e. The number of methoxy groups -OCH3 is 1. The average molecular weight is 386 g/mol. The number of carbonyl (C=O) groups excluding carboxylic acids is 1. The summed E-state index contributed by atoms with van der Waals surface area (Å²) in [7, 11) is 3.53. The number of aromatic nitrogens is 2. The van der Waals surface area contributed by atoms with Crippen LogP contribution in [0.4, 0.5) is 0 Å². The predicted octanol–water partition coefficient (Wildman–Crippen LogP) is 2.28. The highest BCUT2D eigenvalue weighted by Crippen LogP contribution is 2.20. The number of aryl methyl sites for hydroxylation is 2. The highest BCUT2D eigenvalue weighted by Gasteiger charge is 2.26. The molecule has 1 N–H and O–H groups in total. The predicted molar refractivity (Wildman–Crippen MR) is 107 cm³/mol. The van der Waals surface area contributed by atoms with Gasteiger partial charge in [-0.05, 0) is 38.5 Å². The van der Waals surface area contributed by atoms with E-state index in [-0.39, 0.29) is 18.1 Å². The zero-order chi connectivity index (χ0) is 20.3. The van der Waals surface area contributed by atoms with Crippen LogP contribution >= 0.6 is 0 Å². The third-order valence-electron chi connectivity index (χ3n) is 5.02. The highest BCUT2D eigenvalue weighted by molar-refractivity contribution is 5.94. The molecule has 1 aliphatic heterocycles. The molecule has 2 aromatic rings. The number of benzene rings is 1. The molecule has 1 aliphatic rings. The van der Waals surface area contributed by atoms with Gasteiger partial charge in [0.1, 0.15) is 0 Å². The molecular weight excluding hydrogens is 356 g/mol. The lowest BCUT2D eigenvalue weighted by Crippen LogP contribution is -2.48. The number of hydrogen-bond donors (Lipinski definition) is 1. The van der Waals surface area contributed by atoms with E-state index in [4.69, 9.17) is 9.47 Å². The van der Waals surface area contributed by atoms with Crippen LogP contribution in [0.3, 0.4) is 0 Å². The lowest BCUT2D eigenvalue weighted by atomic mass is 10.1. The van der Waals surface area contributed by atoms with Gasteiger partial charge >= 0.3 is 0 Å². The molecule has 1 fully saturated rings. The van der Waals surface area contributed by atoms with Crippen molar-refractivity contribution in [2.24, 2.45) is 7.05 Å². The van der Waals surface area contributed by atoms with Gasteiger partial charge in [-0.2, -0.15) is 5.10 Å². The molecule has 1 aromatic heterocycles. The van der Waals surface area contributed by atoms with Crippen molar-refractivity contribution in [3.8, 4) is 5.88 Å². The molecule has 1 amide bonds. The van der Waals surface area contributed by atoms with Crippen LogP contribution in [0, 0.1) is 6.92 Å². The Morgan fingerprint density at radius 3 is 2.46 bits per heavy atom. The lowest BCUT2D eigenvalue weighted by molar-refractivity contribution is -0.0586. The van der Waals surface area contributed by atoms with E-state index in [0.29, 0.717) is 26.2 Å². The van der Waals surface area contributed by atoms with Crippen LogP contribution in [0.2, 0.25) is 0 Å². The standard InChI is InChI=1S/C21H30N4O3/c1-14-12-25(13-15(2)28-14)20(26)18-8-6-17(7-9-18)10-22-11-19-16(3)23-24(4)21(19)27-5/h6-9,14-15,22H,10-13H2,1-5H3/t14-,15+.